The maximum absolute atomic E-state index is 11.4. The van der Waals surface area contributed by atoms with Crippen molar-refractivity contribution in [3.8, 4) is 11.4 Å². The van der Waals surface area contributed by atoms with E-state index in [-0.39, 0.29) is 6.29 Å². The van der Waals surface area contributed by atoms with Crippen LogP contribution in [0.1, 0.15) is 0 Å². The van der Waals surface area contributed by atoms with Crippen LogP contribution < -0.4 is 4.68 Å². The summed E-state index contributed by atoms with van der Waals surface area (Å²) in [5.74, 6) is 0.552. The van der Waals surface area contributed by atoms with Gasteiger partial charge in [0.05, 0.1) is 0 Å². The highest BCUT2D eigenvalue weighted by Crippen LogP contribution is 2.40. The highest BCUT2D eigenvalue weighted by Gasteiger charge is 2.24. The number of hydrogen-bond acceptors (Lipinski definition) is 5. The van der Waals surface area contributed by atoms with Gasteiger partial charge in [0.25, 0.3) is 6.29 Å². The minimum atomic E-state index is -3.61. The molecule has 2 rings (SSSR count). The molecule has 2 aromatic rings. The first-order valence-corrected chi connectivity index (χ1v) is 6.88. The van der Waals surface area contributed by atoms with E-state index in [2.05, 4.69) is 19.6 Å². The average Bonchev–Trinajstić information content (AvgIpc) is 2.40. The first kappa shape index (κ1) is 12.8. The van der Waals surface area contributed by atoms with E-state index in [1.165, 1.54) is 18.0 Å². The molecule has 0 amide bonds. The van der Waals surface area contributed by atoms with Crippen LogP contribution in [0.25, 0.3) is 11.4 Å². The van der Waals surface area contributed by atoms with Crippen molar-refractivity contribution < 1.29 is 18.7 Å². The summed E-state index contributed by atoms with van der Waals surface area (Å²) in [7, 11) is -2.43. The van der Waals surface area contributed by atoms with Crippen LogP contribution >= 0.6 is 7.60 Å². The van der Waals surface area contributed by atoms with Crippen LogP contribution in [0.15, 0.2) is 36.9 Å². The lowest BCUT2D eigenvalue weighted by atomic mass is 10.3. The zero-order chi connectivity index (χ0) is 13.0. The van der Waals surface area contributed by atoms with Crippen molar-refractivity contribution in [3.63, 3.8) is 0 Å². The van der Waals surface area contributed by atoms with Crippen molar-refractivity contribution in [2.24, 2.45) is 0 Å². The molecule has 0 spiro atoms. The van der Waals surface area contributed by atoms with E-state index in [0.717, 1.165) is 5.56 Å². The Morgan fingerprint density at radius 1 is 1.44 bits per heavy atom. The van der Waals surface area contributed by atoms with Gasteiger partial charge in [0.2, 0.25) is 0 Å². The zero-order valence-corrected chi connectivity index (χ0v) is 10.6. The van der Waals surface area contributed by atoms with Crippen LogP contribution in [-0.2, 0) is 15.4 Å². The Morgan fingerprint density at radius 2 is 2.17 bits per heavy atom. The van der Waals surface area contributed by atoms with Crippen molar-refractivity contribution in [2.45, 2.75) is 6.29 Å². The van der Waals surface area contributed by atoms with Crippen LogP contribution in [0.2, 0.25) is 0 Å². The molecule has 0 saturated carbocycles. The van der Waals surface area contributed by atoms with Crippen molar-refractivity contribution in [1.29, 1.82) is 0 Å². The lowest BCUT2D eigenvalue weighted by Gasteiger charge is -2.03. The highest BCUT2D eigenvalue weighted by atomic mass is 31.2. The Balaban J connectivity index is 2.19. The molecule has 1 unspecified atom stereocenters. The van der Waals surface area contributed by atoms with Crippen LogP contribution in [0, 0.1) is 0 Å². The predicted molar refractivity (Wildman–Crippen MR) is 62.3 cm³/mol. The second-order valence-corrected chi connectivity index (χ2v) is 5.41. The Hall–Kier alpha value is -1.69. The Kier molecular flexibility index (Phi) is 3.76. The molecular formula is C10H12N4O3P+. The molecule has 0 aliphatic rings. The normalized spacial score (nSPS) is 14.1. The molecule has 1 atom stereocenters. The molecule has 18 heavy (non-hydrogen) atoms. The number of aromatic nitrogens is 4. The maximum atomic E-state index is 11.4. The van der Waals surface area contributed by atoms with Gasteiger partial charge in [0.15, 0.2) is 12.0 Å². The quantitative estimate of drug-likeness (QED) is 0.645. The van der Waals surface area contributed by atoms with Gasteiger partial charge in [0.1, 0.15) is 6.20 Å². The van der Waals surface area contributed by atoms with Crippen LogP contribution in [0.4, 0.5) is 0 Å². The molecule has 0 fully saturated rings. The van der Waals surface area contributed by atoms with Crippen LogP contribution in [0.5, 0.6) is 0 Å². The summed E-state index contributed by atoms with van der Waals surface area (Å²) in [4.78, 5) is 17.5. The van der Waals surface area contributed by atoms with E-state index in [4.69, 9.17) is 0 Å². The van der Waals surface area contributed by atoms with Gasteiger partial charge in [-0.3, -0.25) is 4.57 Å². The first-order chi connectivity index (χ1) is 8.61. The molecule has 0 aliphatic carbocycles. The molecule has 2 heterocycles. The second kappa shape index (κ2) is 5.30. The molecule has 0 aromatic carbocycles. The zero-order valence-electron chi connectivity index (χ0n) is 9.67. The summed E-state index contributed by atoms with van der Waals surface area (Å²) in [6, 6.07) is 3.44. The fourth-order valence-electron chi connectivity index (χ4n) is 1.29. The lowest BCUT2D eigenvalue weighted by Crippen LogP contribution is -2.37. The molecule has 0 saturated heterocycles. The van der Waals surface area contributed by atoms with Gasteiger partial charge in [-0.15, -0.1) is 0 Å². The van der Waals surface area contributed by atoms with Crippen molar-refractivity contribution in [3.05, 3.63) is 36.9 Å². The van der Waals surface area contributed by atoms with Crippen molar-refractivity contribution in [1.82, 2.24) is 15.1 Å². The van der Waals surface area contributed by atoms with E-state index < -0.39 is 7.60 Å². The van der Waals surface area contributed by atoms with E-state index in [1.54, 1.807) is 30.7 Å². The Bertz CT molecular complexity index is 561. The molecule has 0 aliphatic heterocycles. The van der Waals surface area contributed by atoms with Gasteiger partial charge in [-0.05, 0) is 11.2 Å². The van der Waals surface area contributed by atoms with Gasteiger partial charge in [0, 0.05) is 31.1 Å². The summed E-state index contributed by atoms with van der Waals surface area (Å²) in [5.41, 5.74) is 0.733. The van der Waals surface area contributed by atoms with Crippen LogP contribution in [-0.4, -0.2) is 27.1 Å². The standard InChI is InChI=1S/C10H11N4O3P/c1-17-18(15,16)8-14-6-3-9(7-13-14)10-11-4-2-5-12-10/h2-7H,8H2,1H3/p+1. The van der Waals surface area contributed by atoms with Crippen molar-refractivity contribution in [2.75, 3.05) is 7.11 Å². The third-order valence-electron chi connectivity index (χ3n) is 2.20. The molecule has 0 bridgehead atoms. The Labute approximate surface area is 104 Å². The van der Waals surface area contributed by atoms with E-state index in [1.807, 2.05) is 0 Å². The van der Waals surface area contributed by atoms with Gasteiger partial charge in [-0.2, -0.15) is 0 Å². The predicted octanol–water partition coefficient (Wildman–Crippen LogP) is 0.615. The van der Waals surface area contributed by atoms with Crippen molar-refractivity contribution >= 4 is 7.60 Å². The number of nitrogens with zero attached hydrogens (tertiary/aromatic N) is 4. The first-order valence-electron chi connectivity index (χ1n) is 5.11. The minimum absolute atomic E-state index is 0.195. The summed E-state index contributed by atoms with van der Waals surface area (Å²) in [5, 5.41) is 4.01. The monoisotopic (exact) mass is 267 g/mol. The van der Waals surface area contributed by atoms with Gasteiger partial charge < -0.3 is 9.42 Å². The molecule has 0 radical (unpaired) electrons. The van der Waals surface area contributed by atoms with E-state index in [0.29, 0.717) is 5.82 Å². The molecule has 94 valence electrons. The summed E-state index contributed by atoms with van der Waals surface area (Å²) >= 11 is 0. The van der Waals surface area contributed by atoms with Gasteiger partial charge >= 0.3 is 7.60 Å². The smallest absolute Gasteiger partial charge is 0.320 e. The molecule has 2 aromatic heterocycles. The maximum Gasteiger partial charge on any atom is 0.394 e. The highest BCUT2D eigenvalue weighted by molar-refractivity contribution is 7.51. The largest absolute Gasteiger partial charge is 0.394 e. The third kappa shape index (κ3) is 3.16. The molecule has 1 N–H and O–H groups in total. The van der Waals surface area contributed by atoms with Gasteiger partial charge in [-0.25, -0.2) is 9.97 Å². The Morgan fingerprint density at radius 3 is 2.72 bits per heavy atom. The lowest BCUT2D eigenvalue weighted by molar-refractivity contribution is -0.738. The van der Waals surface area contributed by atoms with Gasteiger partial charge in [-0.1, -0.05) is 4.68 Å². The number of hydrogen-bond donors (Lipinski definition) is 1. The summed E-state index contributed by atoms with van der Waals surface area (Å²) in [6.45, 7) is 0. The summed E-state index contributed by atoms with van der Waals surface area (Å²) < 4.78 is 17.2. The van der Waals surface area contributed by atoms with E-state index >= 15 is 0 Å². The second-order valence-electron chi connectivity index (χ2n) is 3.49. The van der Waals surface area contributed by atoms with Crippen LogP contribution in [0.3, 0.4) is 0 Å². The summed E-state index contributed by atoms with van der Waals surface area (Å²) in [6.07, 6.45) is 6.18. The SMILES string of the molecule is COP(=O)(O)C[n+]1ccc(-c2ncccn2)cn1. The third-order valence-corrected chi connectivity index (χ3v) is 3.42. The average molecular weight is 267 g/mol. The van der Waals surface area contributed by atoms with E-state index in [9.17, 15) is 9.46 Å². The molecular weight excluding hydrogens is 255 g/mol. The topological polar surface area (TPSA) is 89.1 Å². The fraction of sp³-hybridized carbons (Fsp3) is 0.200. The molecule has 7 nitrogen and oxygen atoms in total. The fourth-order valence-corrected chi connectivity index (χ4v) is 1.94. The molecule has 8 heteroatoms. The minimum Gasteiger partial charge on any atom is -0.320 e. The number of rotatable bonds is 4.